The number of hydrogen-bond donors (Lipinski definition) is 2. The summed E-state index contributed by atoms with van der Waals surface area (Å²) in [5, 5.41) is 0. The molecule has 6 heteroatoms. The molecule has 0 spiro atoms. The van der Waals surface area contributed by atoms with Gasteiger partial charge in [0.15, 0.2) is 0 Å². The summed E-state index contributed by atoms with van der Waals surface area (Å²) in [7, 11) is 1.45. The Morgan fingerprint density at radius 3 is 2.09 bits per heavy atom. The van der Waals surface area contributed by atoms with Gasteiger partial charge in [0.1, 0.15) is 16.1 Å². The second-order valence-corrected chi connectivity index (χ2v) is 2.59. The van der Waals surface area contributed by atoms with Crippen LogP contribution in [0, 0.1) is 0 Å². The zero-order valence-corrected chi connectivity index (χ0v) is 7.42. The van der Waals surface area contributed by atoms with Crippen LogP contribution in [0.3, 0.4) is 0 Å². The number of hydrogen-bond acceptors (Lipinski definition) is 5. The predicted molar refractivity (Wildman–Crippen MR) is 45.1 cm³/mol. The second-order valence-electron chi connectivity index (χ2n) is 1.79. The summed E-state index contributed by atoms with van der Waals surface area (Å²) >= 11 is 3.11. The summed E-state index contributed by atoms with van der Waals surface area (Å²) in [6.45, 7) is 0. The minimum Gasteiger partial charge on any atom is -0.467 e. The van der Waals surface area contributed by atoms with Crippen LogP contribution in [0.15, 0.2) is 4.47 Å². The number of nitrogens with zero attached hydrogens (tertiary/aromatic N) is 2. The third-order valence-corrected chi connectivity index (χ3v) is 1.88. The van der Waals surface area contributed by atoms with Crippen LogP contribution >= 0.6 is 15.9 Å². The smallest absolute Gasteiger partial charge is 0.320 e. The molecule has 11 heavy (non-hydrogen) atoms. The maximum Gasteiger partial charge on any atom is 0.320 e. The van der Waals surface area contributed by atoms with Gasteiger partial charge in [-0.3, -0.25) is 0 Å². The van der Waals surface area contributed by atoms with Gasteiger partial charge in [0.25, 0.3) is 0 Å². The van der Waals surface area contributed by atoms with Crippen LogP contribution in [0.1, 0.15) is 0 Å². The Morgan fingerprint density at radius 2 is 1.73 bits per heavy atom. The van der Waals surface area contributed by atoms with Gasteiger partial charge in [-0.2, -0.15) is 9.97 Å². The first-order chi connectivity index (χ1) is 5.15. The Morgan fingerprint density at radius 1 is 1.27 bits per heavy atom. The molecular weight excluding hydrogens is 212 g/mol. The highest BCUT2D eigenvalue weighted by atomic mass is 79.9. The van der Waals surface area contributed by atoms with E-state index in [9.17, 15) is 0 Å². The van der Waals surface area contributed by atoms with Crippen molar-refractivity contribution < 1.29 is 4.74 Å². The van der Waals surface area contributed by atoms with Crippen molar-refractivity contribution >= 4 is 27.6 Å². The molecule has 0 aliphatic carbocycles. The van der Waals surface area contributed by atoms with E-state index in [0.717, 1.165) is 0 Å². The lowest BCUT2D eigenvalue weighted by atomic mass is 10.5. The monoisotopic (exact) mass is 218 g/mol. The predicted octanol–water partition coefficient (Wildman–Crippen LogP) is 0.412. The minimum atomic E-state index is 0.170. The second kappa shape index (κ2) is 2.91. The molecule has 0 aliphatic heterocycles. The van der Waals surface area contributed by atoms with Gasteiger partial charge in [0.2, 0.25) is 0 Å². The van der Waals surface area contributed by atoms with Crippen LogP contribution in [0.25, 0.3) is 0 Å². The van der Waals surface area contributed by atoms with Gasteiger partial charge in [-0.05, 0) is 15.9 Å². The SMILES string of the molecule is COc1nc(N)c(Br)c(N)n1. The molecule has 0 aromatic carbocycles. The molecular formula is C5H7BrN4O. The van der Waals surface area contributed by atoms with Crippen LogP contribution in [-0.2, 0) is 0 Å². The Bertz CT molecular complexity index is 254. The summed E-state index contributed by atoms with van der Waals surface area (Å²) in [4.78, 5) is 7.54. The summed E-state index contributed by atoms with van der Waals surface area (Å²) in [5.41, 5.74) is 10.9. The summed E-state index contributed by atoms with van der Waals surface area (Å²) in [6, 6.07) is 0.170. The number of ether oxygens (including phenoxy) is 1. The number of aromatic nitrogens is 2. The molecule has 0 atom stereocenters. The summed E-state index contributed by atoms with van der Waals surface area (Å²) in [5.74, 6) is 0.545. The Balaban J connectivity index is 3.21. The standard InChI is InChI=1S/C5H7BrN4O/c1-11-5-9-3(7)2(6)4(8)10-5/h1H3,(H4,7,8,9,10). The van der Waals surface area contributed by atoms with E-state index < -0.39 is 0 Å². The van der Waals surface area contributed by atoms with Crippen LogP contribution in [0.2, 0.25) is 0 Å². The molecule has 0 fully saturated rings. The zero-order chi connectivity index (χ0) is 8.43. The molecule has 0 aliphatic rings. The molecule has 0 saturated carbocycles. The van der Waals surface area contributed by atoms with Crippen molar-refractivity contribution in [3.8, 4) is 6.01 Å². The van der Waals surface area contributed by atoms with Crippen LogP contribution in [-0.4, -0.2) is 17.1 Å². The maximum absolute atomic E-state index is 5.44. The van der Waals surface area contributed by atoms with E-state index in [4.69, 9.17) is 16.2 Å². The highest BCUT2D eigenvalue weighted by Gasteiger charge is 2.06. The number of halogens is 1. The molecule has 4 N–H and O–H groups in total. The van der Waals surface area contributed by atoms with E-state index >= 15 is 0 Å². The largest absolute Gasteiger partial charge is 0.467 e. The third kappa shape index (κ3) is 1.51. The van der Waals surface area contributed by atoms with Gasteiger partial charge in [-0.25, -0.2) is 0 Å². The van der Waals surface area contributed by atoms with Gasteiger partial charge in [0.05, 0.1) is 7.11 Å². The third-order valence-electron chi connectivity index (χ3n) is 1.06. The first kappa shape index (κ1) is 8.06. The van der Waals surface area contributed by atoms with Crippen molar-refractivity contribution in [1.82, 2.24) is 9.97 Å². The van der Waals surface area contributed by atoms with Gasteiger partial charge in [-0.15, -0.1) is 0 Å². The average molecular weight is 219 g/mol. The molecule has 0 amide bonds. The molecule has 1 aromatic rings. The summed E-state index contributed by atoms with van der Waals surface area (Å²) in [6.07, 6.45) is 0. The number of nitrogens with two attached hydrogens (primary N) is 2. The van der Waals surface area contributed by atoms with E-state index in [2.05, 4.69) is 25.9 Å². The molecule has 1 heterocycles. The number of rotatable bonds is 1. The van der Waals surface area contributed by atoms with E-state index in [1.807, 2.05) is 0 Å². The van der Waals surface area contributed by atoms with E-state index in [1.165, 1.54) is 7.11 Å². The normalized spacial score (nSPS) is 9.64. The van der Waals surface area contributed by atoms with Crippen molar-refractivity contribution in [2.24, 2.45) is 0 Å². The summed E-state index contributed by atoms with van der Waals surface area (Å²) < 4.78 is 5.23. The molecule has 5 nitrogen and oxygen atoms in total. The Hall–Kier alpha value is -1.04. The quantitative estimate of drug-likeness (QED) is 0.714. The zero-order valence-electron chi connectivity index (χ0n) is 5.84. The number of methoxy groups -OCH3 is 1. The van der Waals surface area contributed by atoms with Crippen molar-refractivity contribution in [2.75, 3.05) is 18.6 Å². The lowest BCUT2D eigenvalue weighted by molar-refractivity contribution is 0.381. The highest BCUT2D eigenvalue weighted by Crippen LogP contribution is 2.24. The van der Waals surface area contributed by atoms with Crippen molar-refractivity contribution in [1.29, 1.82) is 0 Å². The molecule has 0 unspecified atom stereocenters. The first-order valence-corrected chi connectivity index (χ1v) is 3.57. The van der Waals surface area contributed by atoms with E-state index in [-0.39, 0.29) is 17.6 Å². The first-order valence-electron chi connectivity index (χ1n) is 2.77. The van der Waals surface area contributed by atoms with Crippen molar-refractivity contribution in [3.63, 3.8) is 0 Å². The minimum absolute atomic E-state index is 0.170. The van der Waals surface area contributed by atoms with Crippen molar-refractivity contribution in [3.05, 3.63) is 4.47 Å². The van der Waals surface area contributed by atoms with E-state index in [0.29, 0.717) is 4.47 Å². The Labute approximate surface area is 71.9 Å². The van der Waals surface area contributed by atoms with Gasteiger partial charge < -0.3 is 16.2 Å². The highest BCUT2D eigenvalue weighted by molar-refractivity contribution is 9.10. The molecule has 0 radical (unpaired) electrons. The number of nitrogen functional groups attached to an aromatic ring is 2. The average Bonchev–Trinajstić information content (AvgIpc) is 1.99. The topological polar surface area (TPSA) is 87.0 Å². The van der Waals surface area contributed by atoms with Gasteiger partial charge in [0, 0.05) is 0 Å². The van der Waals surface area contributed by atoms with Crippen LogP contribution in [0.5, 0.6) is 6.01 Å². The fraction of sp³-hybridized carbons (Fsp3) is 0.200. The lowest BCUT2D eigenvalue weighted by Gasteiger charge is -2.02. The van der Waals surface area contributed by atoms with Gasteiger partial charge >= 0.3 is 6.01 Å². The van der Waals surface area contributed by atoms with Crippen molar-refractivity contribution in [2.45, 2.75) is 0 Å². The van der Waals surface area contributed by atoms with Gasteiger partial charge in [-0.1, -0.05) is 0 Å². The van der Waals surface area contributed by atoms with Crippen LogP contribution < -0.4 is 16.2 Å². The molecule has 1 rings (SSSR count). The Kier molecular flexibility index (Phi) is 2.13. The van der Waals surface area contributed by atoms with E-state index in [1.54, 1.807) is 0 Å². The maximum atomic E-state index is 5.44. The fourth-order valence-electron chi connectivity index (χ4n) is 0.552. The molecule has 60 valence electrons. The fourth-order valence-corrected chi connectivity index (χ4v) is 0.729. The van der Waals surface area contributed by atoms with Crippen LogP contribution in [0.4, 0.5) is 11.6 Å². The lowest BCUT2D eigenvalue weighted by Crippen LogP contribution is -2.02. The molecule has 1 aromatic heterocycles. The molecule has 0 saturated heterocycles. The number of anilines is 2. The molecule has 0 bridgehead atoms.